The van der Waals surface area contributed by atoms with Crippen LogP contribution in [-0.2, 0) is 0 Å². The molecular weight excluding hydrogens is 266 g/mol. The first-order chi connectivity index (χ1) is 7.70. The minimum atomic E-state index is 0.537. The zero-order chi connectivity index (χ0) is 11.5. The maximum Gasteiger partial charge on any atom is 0.0603 e. The predicted molar refractivity (Wildman–Crippen MR) is 73.1 cm³/mol. The average Bonchev–Trinajstić information content (AvgIpc) is 2.28. The molecule has 88 valence electrons. The van der Waals surface area contributed by atoms with Crippen molar-refractivity contribution in [3.05, 3.63) is 22.7 Å². The molecule has 0 aliphatic carbocycles. The molecule has 0 amide bonds. The van der Waals surface area contributed by atoms with Gasteiger partial charge in [-0.1, -0.05) is 22.9 Å². The third-order valence-electron chi connectivity index (χ3n) is 2.93. The molecule has 0 saturated carbocycles. The zero-order valence-electron chi connectivity index (χ0n) is 9.54. The van der Waals surface area contributed by atoms with E-state index in [4.69, 9.17) is 5.73 Å². The highest BCUT2D eigenvalue weighted by Crippen LogP contribution is 2.31. The van der Waals surface area contributed by atoms with Crippen molar-refractivity contribution in [3.63, 3.8) is 0 Å². The number of hydrogen-bond acceptors (Lipinski definition) is 3. The van der Waals surface area contributed by atoms with Gasteiger partial charge in [0.15, 0.2) is 0 Å². The number of nitrogens with zero attached hydrogens (tertiary/aromatic N) is 1. The Morgan fingerprint density at radius 1 is 1.56 bits per heavy atom. The average molecular weight is 284 g/mol. The van der Waals surface area contributed by atoms with Gasteiger partial charge in [-0.2, -0.15) is 0 Å². The Morgan fingerprint density at radius 3 is 3.12 bits per heavy atom. The van der Waals surface area contributed by atoms with E-state index < -0.39 is 0 Å². The summed E-state index contributed by atoms with van der Waals surface area (Å²) in [6, 6.07) is 6.38. The predicted octanol–water partition coefficient (Wildman–Crippen LogP) is 2.28. The van der Waals surface area contributed by atoms with Crippen LogP contribution in [-0.4, -0.2) is 26.2 Å². The molecule has 0 fully saturated rings. The molecule has 16 heavy (non-hydrogen) atoms. The number of nitrogens with one attached hydrogen (secondary N) is 1. The topological polar surface area (TPSA) is 41.3 Å². The summed E-state index contributed by atoms with van der Waals surface area (Å²) >= 11 is 3.50. The van der Waals surface area contributed by atoms with Gasteiger partial charge >= 0.3 is 0 Å². The van der Waals surface area contributed by atoms with E-state index in [1.165, 1.54) is 11.4 Å². The summed E-state index contributed by atoms with van der Waals surface area (Å²) in [5.41, 5.74) is 8.18. The van der Waals surface area contributed by atoms with Crippen molar-refractivity contribution >= 4 is 27.3 Å². The van der Waals surface area contributed by atoms with Gasteiger partial charge in [-0.25, -0.2) is 0 Å². The molecule has 1 unspecified atom stereocenters. The van der Waals surface area contributed by atoms with Crippen molar-refractivity contribution < 1.29 is 0 Å². The fraction of sp³-hybridized carbons (Fsp3) is 0.500. The zero-order valence-corrected chi connectivity index (χ0v) is 11.1. The van der Waals surface area contributed by atoms with Crippen LogP contribution in [0.4, 0.5) is 11.4 Å². The van der Waals surface area contributed by atoms with Gasteiger partial charge in [0.2, 0.25) is 0 Å². The lowest BCUT2D eigenvalue weighted by molar-refractivity contribution is 0.570. The Morgan fingerprint density at radius 2 is 2.38 bits per heavy atom. The van der Waals surface area contributed by atoms with Crippen molar-refractivity contribution in [2.45, 2.75) is 6.92 Å². The van der Waals surface area contributed by atoms with Crippen molar-refractivity contribution in [2.75, 3.05) is 36.4 Å². The van der Waals surface area contributed by atoms with Gasteiger partial charge in [0, 0.05) is 24.1 Å². The van der Waals surface area contributed by atoms with Crippen molar-refractivity contribution in [2.24, 2.45) is 11.7 Å². The van der Waals surface area contributed by atoms with E-state index in [2.05, 4.69) is 51.3 Å². The van der Waals surface area contributed by atoms with Crippen molar-refractivity contribution in [1.82, 2.24) is 0 Å². The molecule has 3 N–H and O–H groups in total. The first kappa shape index (κ1) is 11.7. The molecule has 1 heterocycles. The van der Waals surface area contributed by atoms with Crippen LogP contribution in [0.3, 0.4) is 0 Å². The molecule has 0 aromatic heterocycles. The number of anilines is 2. The first-order valence-electron chi connectivity index (χ1n) is 5.69. The molecule has 4 heteroatoms. The Kier molecular flexibility index (Phi) is 3.71. The third-order valence-corrected chi connectivity index (χ3v) is 3.42. The van der Waals surface area contributed by atoms with E-state index >= 15 is 0 Å². The standard InChI is InChI=1S/C12H18BrN3/c1-9(7-14)8-16-5-4-15-11-6-10(13)2-3-12(11)16/h2-3,6,9,15H,4-5,7-8,14H2,1H3. The van der Waals surface area contributed by atoms with E-state index in [0.717, 1.165) is 30.7 Å². The van der Waals surface area contributed by atoms with Crippen LogP contribution in [0.15, 0.2) is 22.7 Å². The van der Waals surface area contributed by atoms with Gasteiger partial charge in [-0.3, -0.25) is 0 Å². The van der Waals surface area contributed by atoms with E-state index in [1.807, 2.05) is 0 Å². The molecule has 1 aliphatic rings. The molecular formula is C12H18BrN3. The fourth-order valence-corrected chi connectivity index (χ4v) is 2.37. The molecule has 0 radical (unpaired) electrons. The van der Waals surface area contributed by atoms with Crippen LogP contribution in [0, 0.1) is 5.92 Å². The fourth-order valence-electron chi connectivity index (χ4n) is 2.01. The summed E-state index contributed by atoms with van der Waals surface area (Å²) in [5, 5.41) is 3.42. The highest BCUT2D eigenvalue weighted by molar-refractivity contribution is 9.10. The normalized spacial score (nSPS) is 16.6. The lowest BCUT2D eigenvalue weighted by Gasteiger charge is -2.33. The molecule has 0 bridgehead atoms. The van der Waals surface area contributed by atoms with Gasteiger partial charge in [0.05, 0.1) is 11.4 Å². The van der Waals surface area contributed by atoms with E-state index in [1.54, 1.807) is 0 Å². The van der Waals surface area contributed by atoms with Crippen LogP contribution in [0.25, 0.3) is 0 Å². The number of nitrogens with two attached hydrogens (primary N) is 1. The summed E-state index contributed by atoms with van der Waals surface area (Å²) in [7, 11) is 0. The van der Waals surface area contributed by atoms with Gasteiger partial charge in [0.25, 0.3) is 0 Å². The monoisotopic (exact) mass is 283 g/mol. The smallest absolute Gasteiger partial charge is 0.0603 e. The summed E-state index contributed by atoms with van der Waals surface area (Å²) in [6.45, 7) is 6.03. The number of hydrogen-bond donors (Lipinski definition) is 2. The Hall–Kier alpha value is -0.740. The molecule has 1 aromatic rings. The minimum Gasteiger partial charge on any atom is -0.382 e. The van der Waals surface area contributed by atoms with Crippen LogP contribution in [0.1, 0.15) is 6.92 Å². The van der Waals surface area contributed by atoms with Crippen LogP contribution >= 0.6 is 15.9 Å². The highest BCUT2D eigenvalue weighted by Gasteiger charge is 2.17. The van der Waals surface area contributed by atoms with Crippen LogP contribution in [0.5, 0.6) is 0 Å². The lowest BCUT2D eigenvalue weighted by atomic mass is 10.1. The molecule has 1 aliphatic heterocycles. The molecule has 0 spiro atoms. The van der Waals surface area contributed by atoms with Gasteiger partial charge in [-0.15, -0.1) is 0 Å². The number of fused-ring (bicyclic) bond motifs is 1. The molecule has 2 rings (SSSR count). The van der Waals surface area contributed by atoms with Crippen LogP contribution < -0.4 is 16.0 Å². The third kappa shape index (κ3) is 2.50. The largest absolute Gasteiger partial charge is 0.382 e. The maximum absolute atomic E-state index is 5.68. The number of rotatable bonds is 3. The lowest BCUT2D eigenvalue weighted by Crippen LogP contribution is -2.38. The van der Waals surface area contributed by atoms with E-state index in [9.17, 15) is 0 Å². The Labute approximate surface area is 105 Å². The summed E-state index contributed by atoms with van der Waals surface area (Å²) in [4.78, 5) is 2.41. The molecule has 1 atom stereocenters. The Bertz CT molecular complexity index is 367. The first-order valence-corrected chi connectivity index (χ1v) is 6.48. The Balaban J connectivity index is 2.19. The summed E-state index contributed by atoms with van der Waals surface area (Å²) < 4.78 is 1.12. The summed E-state index contributed by atoms with van der Waals surface area (Å²) in [6.07, 6.45) is 0. The molecule has 0 saturated heterocycles. The maximum atomic E-state index is 5.68. The summed E-state index contributed by atoms with van der Waals surface area (Å²) in [5.74, 6) is 0.537. The second kappa shape index (κ2) is 5.06. The van der Waals surface area contributed by atoms with E-state index in [-0.39, 0.29) is 0 Å². The van der Waals surface area contributed by atoms with Gasteiger partial charge in [-0.05, 0) is 30.7 Å². The van der Waals surface area contributed by atoms with Gasteiger partial charge < -0.3 is 16.0 Å². The second-order valence-corrected chi connectivity index (χ2v) is 5.29. The highest BCUT2D eigenvalue weighted by atomic mass is 79.9. The quantitative estimate of drug-likeness (QED) is 0.894. The van der Waals surface area contributed by atoms with Crippen molar-refractivity contribution in [1.29, 1.82) is 0 Å². The second-order valence-electron chi connectivity index (χ2n) is 4.38. The SMILES string of the molecule is CC(CN)CN1CCNc2cc(Br)ccc21. The van der Waals surface area contributed by atoms with E-state index in [0.29, 0.717) is 5.92 Å². The number of halogens is 1. The number of benzene rings is 1. The minimum absolute atomic E-state index is 0.537. The van der Waals surface area contributed by atoms with Crippen molar-refractivity contribution in [3.8, 4) is 0 Å². The van der Waals surface area contributed by atoms with Gasteiger partial charge in [0.1, 0.15) is 0 Å². The van der Waals surface area contributed by atoms with Crippen LogP contribution in [0.2, 0.25) is 0 Å². The molecule has 3 nitrogen and oxygen atoms in total. The molecule has 1 aromatic carbocycles.